The van der Waals surface area contributed by atoms with E-state index in [0.29, 0.717) is 32.2 Å². The van der Waals surface area contributed by atoms with Gasteiger partial charge >= 0.3 is 0 Å². The van der Waals surface area contributed by atoms with Crippen LogP contribution in [0.25, 0.3) is 0 Å². The fourth-order valence-corrected chi connectivity index (χ4v) is 4.84. The molecule has 0 spiro atoms. The lowest BCUT2D eigenvalue weighted by molar-refractivity contribution is -0.135. The van der Waals surface area contributed by atoms with Gasteiger partial charge in [-0.3, -0.25) is 9.69 Å². The predicted octanol–water partition coefficient (Wildman–Crippen LogP) is -0.636. The zero-order valence-electron chi connectivity index (χ0n) is 13.9. The van der Waals surface area contributed by atoms with E-state index < -0.39 is 9.84 Å². The van der Waals surface area contributed by atoms with Gasteiger partial charge in [-0.05, 0) is 13.3 Å². The average molecular weight is 370 g/mol. The minimum atomic E-state index is -3.00. The van der Waals surface area contributed by atoms with E-state index in [-0.39, 0.29) is 35.9 Å². The van der Waals surface area contributed by atoms with Crippen molar-refractivity contribution in [1.29, 1.82) is 0 Å². The van der Waals surface area contributed by atoms with Gasteiger partial charge in [0.2, 0.25) is 5.91 Å². The summed E-state index contributed by atoms with van der Waals surface area (Å²) in [7, 11) is -1.41. The van der Waals surface area contributed by atoms with Crippen LogP contribution >= 0.6 is 12.4 Å². The Kier molecular flexibility index (Phi) is 8.23. The molecule has 1 amide bonds. The second-order valence-corrected chi connectivity index (χ2v) is 8.39. The summed E-state index contributed by atoms with van der Waals surface area (Å²) in [5.41, 5.74) is 0. The van der Waals surface area contributed by atoms with Crippen molar-refractivity contribution < 1.29 is 17.9 Å². The smallest absolute Gasteiger partial charge is 0.237 e. The monoisotopic (exact) mass is 369 g/mol. The predicted molar refractivity (Wildman–Crippen MR) is 91.8 cm³/mol. The average Bonchev–Trinajstić information content (AvgIpc) is 2.82. The molecule has 0 aliphatic carbocycles. The normalized spacial score (nSPS) is 27.4. The Labute approximate surface area is 145 Å². The third kappa shape index (κ3) is 5.86. The van der Waals surface area contributed by atoms with E-state index in [4.69, 9.17) is 4.74 Å². The van der Waals surface area contributed by atoms with Crippen LogP contribution in [0.3, 0.4) is 0 Å². The molecule has 0 radical (unpaired) electrons. The van der Waals surface area contributed by atoms with Crippen molar-refractivity contribution in [3.8, 4) is 0 Å². The third-order valence-corrected chi connectivity index (χ3v) is 6.23. The van der Waals surface area contributed by atoms with Gasteiger partial charge in [0.25, 0.3) is 0 Å². The van der Waals surface area contributed by atoms with Crippen LogP contribution in [0.1, 0.15) is 13.3 Å². The maximum absolute atomic E-state index is 12.7. The molecule has 2 fully saturated rings. The first-order valence-electron chi connectivity index (χ1n) is 7.86. The summed E-state index contributed by atoms with van der Waals surface area (Å²) in [6.07, 6.45) is 0.537. The van der Waals surface area contributed by atoms with Gasteiger partial charge in [0.05, 0.1) is 24.7 Å². The highest BCUT2D eigenvalue weighted by Gasteiger charge is 2.35. The number of nitrogens with one attached hydrogen (secondary N) is 1. The van der Waals surface area contributed by atoms with E-state index in [9.17, 15) is 13.2 Å². The first kappa shape index (κ1) is 20.6. The van der Waals surface area contributed by atoms with Crippen LogP contribution in [0, 0.1) is 0 Å². The first-order chi connectivity index (χ1) is 10.4. The van der Waals surface area contributed by atoms with Crippen molar-refractivity contribution in [1.82, 2.24) is 15.1 Å². The second kappa shape index (κ2) is 9.17. The van der Waals surface area contributed by atoms with E-state index in [1.54, 1.807) is 12.0 Å². The lowest BCUT2D eigenvalue weighted by atomic mass is 10.2. The zero-order valence-corrected chi connectivity index (χ0v) is 15.5. The van der Waals surface area contributed by atoms with Gasteiger partial charge in [0.1, 0.15) is 0 Å². The van der Waals surface area contributed by atoms with Gasteiger partial charge in [-0.1, -0.05) is 0 Å². The van der Waals surface area contributed by atoms with Gasteiger partial charge in [-0.25, -0.2) is 8.42 Å². The number of hydrogen-bond acceptors (Lipinski definition) is 6. The second-order valence-electron chi connectivity index (χ2n) is 6.16. The lowest BCUT2D eigenvalue weighted by Gasteiger charge is -2.36. The van der Waals surface area contributed by atoms with E-state index in [0.717, 1.165) is 19.6 Å². The summed E-state index contributed by atoms with van der Waals surface area (Å²) in [5.74, 6) is 0.269. The van der Waals surface area contributed by atoms with Crippen molar-refractivity contribution in [2.45, 2.75) is 25.4 Å². The molecule has 7 nitrogen and oxygen atoms in total. The summed E-state index contributed by atoms with van der Waals surface area (Å²) in [5, 5.41) is 3.30. The summed E-state index contributed by atoms with van der Waals surface area (Å²) >= 11 is 0. The fourth-order valence-electron chi connectivity index (χ4n) is 3.10. The van der Waals surface area contributed by atoms with Crippen molar-refractivity contribution >= 4 is 28.2 Å². The Balaban J connectivity index is 0.00000264. The Hall–Kier alpha value is -0.410. The molecular formula is C14H28ClN3O4S. The van der Waals surface area contributed by atoms with Gasteiger partial charge in [-0.2, -0.15) is 0 Å². The zero-order chi connectivity index (χ0) is 16.2. The summed E-state index contributed by atoms with van der Waals surface area (Å²) in [6, 6.07) is 0.111. The molecule has 0 aromatic heterocycles. The first-order valence-corrected chi connectivity index (χ1v) is 9.68. The molecule has 0 aromatic carbocycles. The van der Waals surface area contributed by atoms with Crippen molar-refractivity contribution in [2.24, 2.45) is 0 Å². The number of halogens is 1. The molecule has 136 valence electrons. The Morgan fingerprint density at radius 2 is 2.17 bits per heavy atom. The topological polar surface area (TPSA) is 79.0 Å². The standard InChI is InChI=1S/C14H27N3O4S.ClH/c1-12-9-15-4-5-16(12)10-14(18)17(6-7-21-2)13-3-8-22(19,20)11-13;/h12-13,15H,3-11H2,1-2H3;1H/t12-,13?;/m0./s1. The molecule has 2 aliphatic heterocycles. The Morgan fingerprint density at radius 1 is 1.43 bits per heavy atom. The van der Waals surface area contributed by atoms with Crippen molar-refractivity contribution in [2.75, 3.05) is 57.9 Å². The quantitative estimate of drug-likeness (QED) is 0.671. The minimum absolute atomic E-state index is 0. The lowest BCUT2D eigenvalue weighted by Crippen LogP contribution is -2.54. The third-order valence-electron chi connectivity index (χ3n) is 4.48. The summed E-state index contributed by atoms with van der Waals surface area (Å²) in [4.78, 5) is 16.5. The highest BCUT2D eigenvalue weighted by Crippen LogP contribution is 2.18. The van der Waals surface area contributed by atoms with Gasteiger partial charge in [0, 0.05) is 45.4 Å². The van der Waals surface area contributed by atoms with Crippen LogP contribution in [-0.4, -0.2) is 94.2 Å². The molecule has 2 atom stereocenters. The molecule has 1 N–H and O–H groups in total. The van der Waals surface area contributed by atoms with E-state index in [1.807, 2.05) is 0 Å². The van der Waals surface area contributed by atoms with Crippen LogP contribution in [0.5, 0.6) is 0 Å². The van der Waals surface area contributed by atoms with Crippen LogP contribution < -0.4 is 5.32 Å². The molecule has 9 heteroatoms. The van der Waals surface area contributed by atoms with E-state index in [1.165, 1.54) is 0 Å². The number of methoxy groups -OCH3 is 1. The number of carbonyl (C=O) groups is 1. The number of amides is 1. The van der Waals surface area contributed by atoms with Crippen molar-refractivity contribution in [3.05, 3.63) is 0 Å². The van der Waals surface area contributed by atoms with Gasteiger partial charge in [0.15, 0.2) is 9.84 Å². The molecule has 0 aromatic rings. The van der Waals surface area contributed by atoms with E-state index in [2.05, 4.69) is 17.1 Å². The molecular weight excluding hydrogens is 342 g/mol. The Bertz CT molecular complexity index is 488. The minimum Gasteiger partial charge on any atom is -0.383 e. The molecule has 1 unspecified atom stereocenters. The number of nitrogens with zero attached hydrogens (tertiary/aromatic N) is 2. The molecule has 2 saturated heterocycles. The number of sulfone groups is 1. The highest BCUT2D eigenvalue weighted by molar-refractivity contribution is 7.91. The molecule has 2 heterocycles. The van der Waals surface area contributed by atoms with Crippen LogP contribution in [0.15, 0.2) is 0 Å². The number of piperazine rings is 1. The maximum Gasteiger partial charge on any atom is 0.237 e. The van der Waals surface area contributed by atoms with Gasteiger partial charge < -0.3 is 15.0 Å². The SMILES string of the molecule is COCCN(C(=O)CN1CCNC[C@@H]1C)C1CCS(=O)(=O)C1.Cl. The molecule has 0 bridgehead atoms. The van der Waals surface area contributed by atoms with Crippen LogP contribution in [0.2, 0.25) is 0 Å². The summed E-state index contributed by atoms with van der Waals surface area (Å²) in [6.45, 7) is 5.93. The number of carbonyl (C=O) groups excluding carboxylic acids is 1. The number of rotatable bonds is 6. The maximum atomic E-state index is 12.7. The largest absolute Gasteiger partial charge is 0.383 e. The van der Waals surface area contributed by atoms with Crippen LogP contribution in [0.4, 0.5) is 0 Å². The van der Waals surface area contributed by atoms with Crippen LogP contribution in [-0.2, 0) is 19.4 Å². The summed E-state index contributed by atoms with van der Waals surface area (Å²) < 4.78 is 28.5. The number of hydrogen-bond donors (Lipinski definition) is 1. The molecule has 2 rings (SSSR count). The molecule has 23 heavy (non-hydrogen) atoms. The van der Waals surface area contributed by atoms with E-state index >= 15 is 0 Å². The molecule has 0 saturated carbocycles. The van der Waals surface area contributed by atoms with Gasteiger partial charge in [-0.15, -0.1) is 12.4 Å². The van der Waals surface area contributed by atoms with Crippen molar-refractivity contribution in [3.63, 3.8) is 0 Å². The highest BCUT2D eigenvalue weighted by atomic mass is 35.5. The fraction of sp³-hybridized carbons (Fsp3) is 0.929. The molecule has 2 aliphatic rings. The Morgan fingerprint density at radius 3 is 2.74 bits per heavy atom. The number of ether oxygens (including phenoxy) is 1.